The highest BCUT2D eigenvalue weighted by Gasteiger charge is 2.14. The van der Waals surface area contributed by atoms with Gasteiger partial charge < -0.3 is 44.4 Å². The summed E-state index contributed by atoms with van der Waals surface area (Å²) >= 11 is 0. The van der Waals surface area contributed by atoms with Gasteiger partial charge in [0.15, 0.2) is 0 Å². The average Bonchev–Trinajstić information content (AvgIpc) is 2.79. The van der Waals surface area contributed by atoms with Gasteiger partial charge in [0.1, 0.15) is 0 Å². The normalized spacial score (nSPS) is 13.6. The summed E-state index contributed by atoms with van der Waals surface area (Å²) in [6, 6.07) is 9.72. The lowest BCUT2D eigenvalue weighted by molar-refractivity contribution is 1.20. The van der Waals surface area contributed by atoms with Crippen molar-refractivity contribution >= 4 is 67.6 Å². The van der Waals surface area contributed by atoms with Crippen LogP contribution in [0.1, 0.15) is 22.8 Å². The molecule has 0 saturated heterocycles. The smallest absolute Gasteiger partial charge is 0.0889 e. The molecule has 2 aliphatic carbocycles. The number of nitrogens with one attached hydrogen (secondary N) is 4. The summed E-state index contributed by atoms with van der Waals surface area (Å²) in [5.41, 5.74) is 42.7. The van der Waals surface area contributed by atoms with E-state index in [4.69, 9.17) is 45.2 Å². The maximum absolute atomic E-state index is 8.37. The fourth-order valence-corrected chi connectivity index (χ4v) is 3.82. The van der Waals surface area contributed by atoms with Crippen LogP contribution in [0.2, 0.25) is 0 Å². The van der Waals surface area contributed by atoms with Crippen molar-refractivity contribution < 1.29 is 0 Å². The van der Waals surface area contributed by atoms with Crippen LogP contribution in [0.15, 0.2) is 48.6 Å². The third-order valence-corrected chi connectivity index (χ3v) is 5.75. The van der Waals surface area contributed by atoms with Crippen LogP contribution in [0.4, 0.5) is 22.7 Å². The van der Waals surface area contributed by atoms with E-state index >= 15 is 0 Å². The van der Waals surface area contributed by atoms with Gasteiger partial charge in [-0.1, -0.05) is 0 Å². The van der Waals surface area contributed by atoms with Gasteiger partial charge in [-0.05, 0) is 48.6 Å². The van der Waals surface area contributed by atoms with Crippen molar-refractivity contribution in [2.24, 2.45) is 11.5 Å². The minimum absolute atomic E-state index is 0.113. The molecule has 0 aliphatic heterocycles. The molecule has 0 unspecified atom stereocenters. The van der Waals surface area contributed by atoms with Gasteiger partial charge in [-0.2, -0.15) is 0 Å². The standard InChI is InChI=1S/C24H24N12/c25-9-1-10(26)18-5-17(9)33-19-6-21(13(29)2-11(19)27)35-23-8-24(16(32)4-15(23)31)36-22-7-20(34-18)12(28)3-14(22)30/h1-8,25,27,33,36H,26,28-32H2. The molecule has 3 aromatic rings. The van der Waals surface area contributed by atoms with E-state index in [1.165, 1.54) is 12.2 Å². The van der Waals surface area contributed by atoms with Crippen molar-refractivity contribution in [1.82, 2.24) is 19.9 Å². The van der Waals surface area contributed by atoms with Crippen LogP contribution in [0, 0.1) is 10.8 Å². The van der Waals surface area contributed by atoms with Crippen molar-refractivity contribution in [2.45, 2.75) is 0 Å². The van der Waals surface area contributed by atoms with E-state index < -0.39 is 0 Å². The number of H-pyrrole nitrogens is 2. The van der Waals surface area contributed by atoms with Crippen LogP contribution in [0.3, 0.4) is 0 Å². The molecule has 0 fully saturated rings. The van der Waals surface area contributed by atoms with Gasteiger partial charge in [-0.25, -0.2) is 9.97 Å². The molecule has 2 aromatic carbocycles. The summed E-state index contributed by atoms with van der Waals surface area (Å²) in [5.74, 6) is 0. The molecule has 180 valence electrons. The Labute approximate surface area is 204 Å². The van der Waals surface area contributed by atoms with E-state index in [0.717, 1.165) is 0 Å². The molecule has 0 atom stereocenters. The maximum atomic E-state index is 8.37. The number of fused-ring (bicyclic) bond motifs is 8. The lowest BCUT2D eigenvalue weighted by atomic mass is 10.1. The van der Waals surface area contributed by atoms with Gasteiger partial charge in [0.05, 0.1) is 90.4 Å². The molecule has 0 saturated carbocycles. The summed E-state index contributed by atoms with van der Waals surface area (Å²) in [6.07, 6.45) is 2.94. The van der Waals surface area contributed by atoms with Crippen LogP contribution in [0.25, 0.3) is 33.5 Å². The number of anilines is 4. The van der Waals surface area contributed by atoms with E-state index in [2.05, 4.69) is 19.9 Å². The molecule has 1 heterocycles. The van der Waals surface area contributed by atoms with E-state index in [0.29, 0.717) is 67.6 Å². The number of allylic oxidation sites excluding steroid dienone is 2. The van der Waals surface area contributed by atoms with E-state index in [-0.39, 0.29) is 22.8 Å². The molecular formula is C24H24N12. The minimum Gasteiger partial charge on any atom is -0.397 e. The molecule has 0 spiro atoms. The fourth-order valence-electron chi connectivity index (χ4n) is 3.82. The molecular weight excluding hydrogens is 456 g/mol. The molecule has 12 heteroatoms. The first-order chi connectivity index (χ1) is 17.1. The van der Waals surface area contributed by atoms with Crippen LogP contribution in [0.5, 0.6) is 0 Å². The number of hydrogen-bond donors (Lipinski definition) is 10. The summed E-state index contributed by atoms with van der Waals surface area (Å²) in [5, 5.41) is 16.7. The van der Waals surface area contributed by atoms with Gasteiger partial charge in [0.2, 0.25) is 0 Å². The molecule has 0 amide bonds. The Bertz CT molecular complexity index is 1610. The molecule has 2 aliphatic rings. The molecule has 36 heavy (non-hydrogen) atoms. The number of nitrogens with zero attached hydrogens (tertiary/aromatic N) is 2. The minimum atomic E-state index is 0.113. The van der Waals surface area contributed by atoms with E-state index in [1.54, 1.807) is 36.4 Å². The summed E-state index contributed by atoms with van der Waals surface area (Å²) < 4.78 is 0. The molecule has 5 rings (SSSR count). The summed E-state index contributed by atoms with van der Waals surface area (Å²) in [6.45, 7) is 0. The lowest BCUT2D eigenvalue weighted by Crippen LogP contribution is -2.14. The number of aromatic nitrogens is 4. The Morgan fingerprint density at radius 2 is 0.944 bits per heavy atom. The van der Waals surface area contributed by atoms with Crippen molar-refractivity contribution in [3.05, 3.63) is 71.3 Å². The summed E-state index contributed by atoms with van der Waals surface area (Å²) in [7, 11) is 0. The monoisotopic (exact) mass is 480 g/mol. The van der Waals surface area contributed by atoms with Crippen LogP contribution in [-0.2, 0) is 0 Å². The Balaban J connectivity index is 2.01. The van der Waals surface area contributed by atoms with Crippen molar-refractivity contribution in [1.29, 1.82) is 10.8 Å². The fraction of sp³-hybridized carbons (Fsp3) is 0. The quantitative estimate of drug-likeness (QED) is 0.212. The molecule has 16 N–H and O–H groups in total. The summed E-state index contributed by atoms with van der Waals surface area (Å²) in [4.78, 5) is 15.5. The Kier molecular flexibility index (Phi) is 4.99. The molecule has 8 bridgehead atoms. The second-order valence-corrected chi connectivity index (χ2v) is 8.38. The Morgan fingerprint density at radius 1 is 0.528 bits per heavy atom. The van der Waals surface area contributed by atoms with Crippen LogP contribution < -0.4 is 34.4 Å². The van der Waals surface area contributed by atoms with Crippen molar-refractivity contribution in [3.63, 3.8) is 0 Å². The Hall–Kier alpha value is -5.52. The zero-order valence-electron chi connectivity index (χ0n) is 19.0. The first-order valence-electron chi connectivity index (χ1n) is 10.7. The van der Waals surface area contributed by atoms with Crippen molar-refractivity contribution in [2.75, 3.05) is 22.9 Å². The zero-order valence-corrected chi connectivity index (χ0v) is 19.0. The number of nitrogens with two attached hydrogens (primary N) is 6. The highest BCUT2D eigenvalue weighted by molar-refractivity contribution is 6.13. The second-order valence-electron chi connectivity index (χ2n) is 8.38. The molecule has 1 aromatic heterocycles. The van der Waals surface area contributed by atoms with E-state index in [9.17, 15) is 0 Å². The molecule has 0 radical (unpaired) electrons. The first kappa shape index (κ1) is 22.3. The van der Waals surface area contributed by atoms with Gasteiger partial charge >= 0.3 is 0 Å². The van der Waals surface area contributed by atoms with Gasteiger partial charge in [0.25, 0.3) is 0 Å². The van der Waals surface area contributed by atoms with Gasteiger partial charge in [-0.3, -0.25) is 10.8 Å². The third kappa shape index (κ3) is 3.88. The average molecular weight is 481 g/mol. The highest BCUT2D eigenvalue weighted by Crippen LogP contribution is 2.25. The first-order valence-corrected chi connectivity index (χ1v) is 10.7. The van der Waals surface area contributed by atoms with E-state index in [1.807, 2.05) is 0 Å². The predicted octanol–water partition coefficient (Wildman–Crippen LogP) is 1.94. The topological polar surface area (TPSA) is 261 Å². The molecule has 12 nitrogen and oxygen atoms in total. The predicted molar refractivity (Wildman–Crippen MR) is 145 cm³/mol. The second kappa shape index (κ2) is 8.06. The van der Waals surface area contributed by atoms with Gasteiger partial charge in [-0.15, -0.1) is 0 Å². The highest BCUT2D eigenvalue weighted by atomic mass is 14.8. The lowest BCUT2D eigenvalue weighted by Gasteiger charge is -2.13. The Morgan fingerprint density at radius 3 is 1.36 bits per heavy atom. The number of benzene rings is 2. The number of hydrogen-bond acceptors (Lipinski definition) is 10. The van der Waals surface area contributed by atoms with Crippen LogP contribution >= 0.6 is 0 Å². The number of aromatic amines is 2. The number of nitrogen functional groups attached to an aromatic ring is 4. The largest absolute Gasteiger partial charge is 0.397 e. The van der Waals surface area contributed by atoms with Crippen LogP contribution in [-0.4, -0.2) is 31.4 Å². The zero-order chi connectivity index (χ0) is 25.7. The SMILES string of the molecule is N=C1C=C(N)c2cc1[nH]c1cc(nc3cc([nH]c4cc(n2)c(N)cc4N)c(N)cc3N)C(N)=CC1=N. The third-order valence-electron chi connectivity index (χ3n) is 5.75. The van der Waals surface area contributed by atoms with Gasteiger partial charge in [0, 0.05) is 0 Å². The van der Waals surface area contributed by atoms with Crippen molar-refractivity contribution in [3.8, 4) is 0 Å². The maximum Gasteiger partial charge on any atom is 0.0889 e. The number of rotatable bonds is 0.